The van der Waals surface area contributed by atoms with Crippen LogP contribution in [0, 0.1) is 11.6 Å². The first-order valence-electron chi connectivity index (χ1n) is 6.42. The molecule has 0 aliphatic heterocycles. The molecule has 0 aliphatic rings. The first-order chi connectivity index (χ1) is 10.1. The van der Waals surface area contributed by atoms with Crippen molar-refractivity contribution in [1.29, 1.82) is 0 Å². The fourth-order valence-electron chi connectivity index (χ4n) is 2.30. The van der Waals surface area contributed by atoms with E-state index in [9.17, 15) is 8.78 Å². The Morgan fingerprint density at radius 3 is 2.43 bits per heavy atom. The molecule has 2 aromatic carbocycles. The first-order valence-corrected chi connectivity index (χ1v) is 6.42. The number of aryl methyl sites for hydroxylation is 1. The number of anilines is 1. The van der Waals surface area contributed by atoms with Gasteiger partial charge in [0.1, 0.15) is 11.5 Å². The molecule has 21 heavy (non-hydrogen) atoms. The van der Waals surface area contributed by atoms with Crippen LogP contribution in [0.2, 0.25) is 0 Å². The molecular weight excluding hydrogens is 272 g/mol. The molecule has 0 spiro atoms. The lowest BCUT2D eigenvalue weighted by Gasteiger charge is -2.05. The van der Waals surface area contributed by atoms with E-state index in [1.165, 1.54) is 16.8 Å². The SMILES string of the molecule is Cn1nc(-c2cccc(F)c2F)c(-c2ccccc2)c1N. The van der Waals surface area contributed by atoms with Gasteiger partial charge in [-0.25, -0.2) is 8.78 Å². The molecule has 3 nitrogen and oxygen atoms in total. The summed E-state index contributed by atoms with van der Waals surface area (Å²) in [5, 5.41) is 4.24. The van der Waals surface area contributed by atoms with Gasteiger partial charge in [0, 0.05) is 12.6 Å². The lowest BCUT2D eigenvalue weighted by atomic mass is 10.0. The number of nitrogens with two attached hydrogens (primary N) is 1. The summed E-state index contributed by atoms with van der Waals surface area (Å²) in [6, 6.07) is 13.3. The number of hydrogen-bond donors (Lipinski definition) is 1. The van der Waals surface area contributed by atoms with Crippen molar-refractivity contribution in [2.45, 2.75) is 0 Å². The molecule has 1 aromatic heterocycles. The number of benzene rings is 2. The van der Waals surface area contributed by atoms with Crippen LogP contribution in [0.15, 0.2) is 48.5 Å². The number of halogens is 2. The fourth-order valence-corrected chi connectivity index (χ4v) is 2.30. The van der Waals surface area contributed by atoms with Crippen LogP contribution in [0.5, 0.6) is 0 Å². The molecule has 0 saturated heterocycles. The number of nitrogens with zero attached hydrogens (tertiary/aromatic N) is 2. The average Bonchev–Trinajstić information content (AvgIpc) is 2.78. The predicted octanol–water partition coefficient (Wildman–Crippen LogP) is 3.61. The van der Waals surface area contributed by atoms with Gasteiger partial charge in [-0.3, -0.25) is 4.68 Å². The van der Waals surface area contributed by atoms with Crippen LogP contribution in [-0.2, 0) is 7.05 Å². The molecule has 5 heteroatoms. The Morgan fingerprint density at radius 1 is 1.00 bits per heavy atom. The molecule has 106 valence electrons. The molecule has 0 atom stereocenters. The van der Waals surface area contributed by atoms with Crippen LogP contribution in [0.3, 0.4) is 0 Å². The quantitative estimate of drug-likeness (QED) is 0.781. The molecule has 3 aromatic rings. The summed E-state index contributed by atoms with van der Waals surface area (Å²) < 4.78 is 29.0. The summed E-state index contributed by atoms with van der Waals surface area (Å²) in [7, 11) is 1.67. The summed E-state index contributed by atoms with van der Waals surface area (Å²) in [5.41, 5.74) is 7.88. The number of rotatable bonds is 2. The Balaban J connectivity index is 2.30. The monoisotopic (exact) mass is 285 g/mol. The maximum Gasteiger partial charge on any atom is 0.168 e. The Hall–Kier alpha value is -2.69. The maximum atomic E-state index is 14.1. The molecule has 0 bridgehead atoms. The molecule has 0 saturated carbocycles. The highest BCUT2D eigenvalue weighted by Gasteiger charge is 2.21. The van der Waals surface area contributed by atoms with Crippen molar-refractivity contribution in [2.75, 3.05) is 5.73 Å². The summed E-state index contributed by atoms with van der Waals surface area (Å²) in [6.07, 6.45) is 0. The number of aromatic nitrogens is 2. The number of hydrogen-bond acceptors (Lipinski definition) is 2. The third-order valence-electron chi connectivity index (χ3n) is 3.36. The van der Waals surface area contributed by atoms with E-state index in [1.54, 1.807) is 7.05 Å². The van der Waals surface area contributed by atoms with Gasteiger partial charge in [0.25, 0.3) is 0 Å². The highest BCUT2D eigenvalue weighted by Crippen LogP contribution is 2.37. The van der Waals surface area contributed by atoms with Gasteiger partial charge >= 0.3 is 0 Å². The molecular formula is C16H13F2N3. The molecule has 0 unspecified atom stereocenters. The summed E-state index contributed by atoms with van der Waals surface area (Å²) in [4.78, 5) is 0. The highest BCUT2D eigenvalue weighted by molar-refractivity contribution is 5.88. The lowest BCUT2D eigenvalue weighted by molar-refractivity contribution is 0.511. The van der Waals surface area contributed by atoms with E-state index >= 15 is 0 Å². The lowest BCUT2D eigenvalue weighted by Crippen LogP contribution is -1.97. The van der Waals surface area contributed by atoms with E-state index in [0.29, 0.717) is 17.1 Å². The van der Waals surface area contributed by atoms with Crippen LogP contribution in [0.25, 0.3) is 22.4 Å². The van der Waals surface area contributed by atoms with Gasteiger partial charge in [-0.15, -0.1) is 0 Å². The summed E-state index contributed by atoms with van der Waals surface area (Å²) in [6.45, 7) is 0. The number of nitrogen functional groups attached to an aromatic ring is 1. The minimum atomic E-state index is -0.923. The average molecular weight is 285 g/mol. The van der Waals surface area contributed by atoms with Gasteiger partial charge in [-0.1, -0.05) is 36.4 Å². The molecule has 2 N–H and O–H groups in total. The Bertz CT molecular complexity index is 795. The Morgan fingerprint density at radius 2 is 1.71 bits per heavy atom. The largest absolute Gasteiger partial charge is 0.383 e. The molecule has 0 fully saturated rings. The van der Waals surface area contributed by atoms with E-state index in [0.717, 1.165) is 11.6 Å². The topological polar surface area (TPSA) is 43.8 Å². The molecule has 3 rings (SSSR count). The second-order valence-electron chi connectivity index (χ2n) is 4.70. The smallest absolute Gasteiger partial charge is 0.168 e. The molecule has 0 amide bonds. The summed E-state index contributed by atoms with van der Waals surface area (Å²) in [5.74, 6) is -1.43. The Kier molecular flexibility index (Phi) is 3.17. The van der Waals surface area contributed by atoms with Gasteiger partial charge in [0.15, 0.2) is 11.6 Å². The summed E-state index contributed by atoms with van der Waals surface area (Å²) >= 11 is 0. The van der Waals surface area contributed by atoms with Gasteiger partial charge in [0.05, 0.1) is 5.56 Å². The first kappa shape index (κ1) is 13.3. The predicted molar refractivity (Wildman–Crippen MR) is 78.4 cm³/mol. The second kappa shape index (κ2) is 5.01. The van der Waals surface area contributed by atoms with Crippen LogP contribution < -0.4 is 5.73 Å². The zero-order valence-electron chi connectivity index (χ0n) is 11.3. The van der Waals surface area contributed by atoms with Crippen molar-refractivity contribution in [3.63, 3.8) is 0 Å². The van der Waals surface area contributed by atoms with Crippen molar-refractivity contribution in [3.05, 3.63) is 60.2 Å². The van der Waals surface area contributed by atoms with Crippen LogP contribution in [0.1, 0.15) is 0 Å². The minimum Gasteiger partial charge on any atom is -0.383 e. The fraction of sp³-hybridized carbons (Fsp3) is 0.0625. The van der Waals surface area contributed by atoms with Gasteiger partial charge < -0.3 is 5.73 Å². The van der Waals surface area contributed by atoms with Crippen molar-refractivity contribution >= 4 is 5.82 Å². The zero-order valence-corrected chi connectivity index (χ0v) is 11.3. The van der Waals surface area contributed by atoms with Gasteiger partial charge in [-0.2, -0.15) is 5.10 Å². The van der Waals surface area contributed by atoms with E-state index in [1.807, 2.05) is 30.3 Å². The molecule has 1 heterocycles. The molecule has 0 aliphatic carbocycles. The third-order valence-corrected chi connectivity index (χ3v) is 3.36. The van der Waals surface area contributed by atoms with Crippen molar-refractivity contribution < 1.29 is 8.78 Å². The van der Waals surface area contributed by atoms with Crippen LogP contribution >= 0.6 is 0 Å². The second-order valence-corrected chi connectivity index (χ2v) is 4.70. The highest BCUT2D eigenvalue weighted by atomic mass is 19.2. The third kappa shape index (κ3) is 2.16. The van der Waals surface area contributed by atoms with Gasteiger partial charge in [-0.05, 0) is 17.7 Å². The Labute approximate surface area is 120 Å². The van der Waals surface area contributed by atoms with Gasteiger partial charge in [0.2, 0.25) is 0 Å². The van der Waals surface area contributed by atoms with Crippen LogP contribution in [0.4, 0.5) is 14.6 Å². The molecule has 0 radical (unpaired) electrons. The standard InChI is InChI=1S/C16H13F2N3/c1-21-16(19)13(10-6-3-2-4-7-10)15(20-21)11-8-5-9-12(17)14(11)18/h2-9H,19H2,1H3. The van der Waals surface area contributed by atoms with Crippen molar-refractivity contribution in [3.8, 4) is 22.4 Å². The van der Waals surface area contributed by atoms with E-state index in [-0.39, 0.29) is 5.56 Å². The van der Waals surface area contributed by atoms with E-state index in [2.05, 4.69) is 5.10 Å². The van der Waals surface area contributed by atoms with Crippen LogP contribution in [-0.4, -0.2) is 9.78 Å². The maximum absolute atomic E-state index is 14.1. The minimum absolute atomic E-state index is 0.0983. The van der Waals surface area contributed by atoms with E-state index in [4.69, 9.17) is 5.73 Å². The van der Waals surface area contributed by atoms with Crippen molar-refractivity contribution in [1.82, 2.24) is 9.78 Å². The van der Waals surface area contributed by atoms with E-state index < -0.39 is 11.6 Å². The zero-order chi connectivity index (χ0) is 15.0. The normalized spacial score (nSPS) is 10.8. The van der Waals surface area contributed by atoms with Crippen molar-refractivity contribution in [2.24, 2.45) is 7.05 Å².